The molecular formula is C24H27N3O7S. The van der Waals surface area contributed by atoms with E-state index in [1.807, 2.05) is 42.5 Å². The van der Waals surface area contributed by atoms with E-state index in [1.165, 1.54) is 19.2 Å². The summed E-state index contributed by atoms with van der Waals surface area (Å²) in [5.41, 5.74) is -0.411. The standard InChI is InChI=1S/C24H27N3O7S/c1-4-20(26(35(3,31)32)21-16-18(27(29)30)12-13-23(21)33-2)24(28)25-14-15-34-22-11-7-9-17-8-5-6-10-19(17)22/h5-13,16,20H,4,14-15H2,1-3H3,(H,25,28)/t20-/m0/s1. The largest absolute Gasteiger partial charge is 0.495 e. The van der Waals surface area contributed by atoms with Gasteiger partial charge in [0.2, 0.25) is 15.9 Å². The molecule has 0 heterocycles. The zero-order valence-corrected chi connectivity index (χ0v) is 20.4. The van der Waals surface area contributed by atoms with Gasteiger partial charge in [0.15, 0.2) is 0 Å². The van der Waals surface area contributed by atoms with Gasteiger partial charge < -0.3 is 14.8 Å². The molecule has 0 saturated carbocycles. The minimum Gasteiger partial charge on any atom is -0.495 e. The molecular weight excluding hydrogens is 474 g/mol. The number of anilines is 1. The summed E-state index contributed by atoms with van der Waals surface area (Å²) < 4.78 is 37.4. The maximum atomic E-state index is 13.0. The third-order valence-corrected chi connectivity index (χ3v) is 6.51. The fraction of sp³-hybridized carbons (Fsp3) is 0.292. The van der Waals surface area contributed by atoms with Crippen LogP contribution in [0.3, 0.4) is 0 Å². The van der Waals surface area contributed by atoms with Gasteiger partial charge in [0, 0.05) is 17.5 Å². The monoisotopic (exact) mass is 501 g/mol. The SMILES string of the molecule is CC[C@@H](C(=O)NCCOc1cccc2ccccc12)N(c1cc([N+](=O)[O-])ccc1OC)S(C)(=O)=O. The molecule has 0 bridgehead atoms. The molecule has 3 aromatic carbocycles. The minimum atomic E-state index is -4.01. The van der Waals surface area contributed by atoms with E-state index < -0.39 is 26.9 Å². The summed E-state index contributed by atoms with van der Waals surface area (Å²) in [6, 6.07) is 15.9. The summed E-state index contributed by atoms with van der Waals surface area (Å²) in [6.45, 7) is 1.94. The van der Waals surface area contributed by atoms with E-state index in [-0.39, 0.29) is 36.7 Å². The molecule has 0 unspecified atom stereocenters. The van der Waals surface area contributed by atoms with Gasteiger partial charge >= 0.3 is 0 Å². The molecule has 186 valence electrons. The first kappa shape index (κ1) is 25.8. The number of nitro groups is 1. The van der Waals surface area contributed by atoms with Crippen molar-refractivity contribution in [1.82, 2.24) is 5.32 Å². The number of nitrogens with one attached hydrogen (secondary N) is 1. The van der Waals surface area contributed by atoms with E-state index in [4.69, 9.17) is 9.47 Å². The predicted molar refractivity (Wildman–Crippen MR) is 134 cm³/mol. The third kappa shape index (κ3) is 5.99. The third-order valence-electron chi connectivity index (χ3n) is 5.35. The average Bonchev–Trinajstić information content (AvgIpc) is 2.83. The lowest BCUT2D eigenvalue weighted by Crippen LogP contribution is -2.50. The second-order valence-corrected chi connectivity index (χ2v) is 9.57. The fourth-order valence-electron chi connectivity index (χ4n) is 3.77. The van der Waals surface area contributed by atoms with Crippen LogP contribution in [0.5, 0.6) is 11.5 Å². The Hall–Kier alpha value is -3.86. The van der Waals surface area contributed by atoms with Crippen LogP contribution >= 0.6 is 0 Å². The molecule has 0 aliphatic rings. The molecule has 3 aromatic rings. The van der Waals surface area contributed by atoms with Crippen molar-refractivity contribution < 1.29 is 27.6 Å². The molecule has 11 heteroatoms. The molecule has 3 rings (SSSR count). The van der Waals surface area contributed by atoms with Crippen LogP contribution in [0, 0.1) is 10.1 Å². The van der Waals surface area contributed by atoms with E-state index in [9.17, 15) is 23.3 Å². The Morgan fingerprint density at radius 1 is 1.11 bits per heavy atom. The smallest absolute Gasteiger partial charge is 0.271 e. The van der Waals surface area contributed by atoms with Crippen molar-refractivity contribution in [3.63, 3.8) is 0 Å². The lowest BCUT2D eigenvalue weighted by molar-refractivity contribution is -0.384. The maximum absolute atomic E-state index is 13.0. The van der Waals surface area contributed by atoms with Crippen molar-refractivity contribution in [3.05, 3.63) is 70.8 Å². The van der Waals surface area contributed by atoms with Gasteiger partial charge in [-0.25, -0.2) is 8.42 Å². The number of benzene rings is 3. The lowest BCUT2D eigenvalue weighted by atomic mass is 10.1. The molecule has 0 fully saturated rings. The number of carbonyl (C=O) groups is 1. The second-order valence-electron chi connectivity index (χ2n) is 7.71. The number of fused-ring (bicyclic) bond motifs is 1. The van der Waals surface area contributed by atoms with Gasteiger partial charge in [0.05, 0.1) is 24.8 Å². The van der Waals surface area contributed by atoms with Crippen molar-refractivity contribution in [2.45, 2.75) is 19.4 Å². The van der Waals surface area contributed by atoms with Crippen LogP contribution < -0.4 is 19.1 Å². The number of sulfonamides is 1. The quantitative estimate of drug-likeness (QED) is 0.242. The number of rotatable bonds is 11. The summed E-state index contributed by atoms with van der Waals surface area (Å²) in [6.07, 6.45) is 1.06. The molecule has 35 heavy (non-hydrogen) atoms. The highest BCUT2D eigenvalue weighted by atomic mass is 32.2. The number of carbonyl (C=O) groups excluding carboxylic acids is 1. The van der Waals surface area contributed by atoms with Gasteiger partial charge in [-0.1, -0.05) is 43.3 Å². The van der Waals surface area contributed by atoms with Crippen LogP contribution in [0.1, 0.15) is 13.3 Å². The Morgan fingerprint density at radius 2 is 1.83 bits per heavy atom. The zero-order chi connectivity index (χ0) is 25.6. The average molecular weight is 502 g/mol. The van der Waals surface area contributed by atoms with Crippen LogP contribution in [0.2, 0.25) is 0 Å². The van der Waals surface area contributed by atoms with Gasteiger partial charge in [0.25, 0.3) is 5.69 Å². The van der Waals surface area contributed by atoms with Gasteiger partial charge in [-0.15, -0.1) is 0 Å². The normalized spacial score (nSPS) is 12.1. The number of ether oxygens (including phenoxy) is 2. The van der Waals surface area contributed by atoms with E-state index >= 15 is 0 Å². The summed E-state index contributed by atoms with van der Waals surface area (Å²) in [7, 11) is -2.69. The van der Waals surface area contributed by atoms with Gasteiger partial charge in [-0.05, 0) is 23.9 Å². The van der Waals surface area contributed by atoms with Gasteiger partial charge in [-0.2, -0.15) is 0 Å². The first-order valence-corrected chi connectivity index (χ1v) is 12.7. The number of nitro benzene ring substituents is 1. The Morgan fingerprint density at radius 3 is 2.49 bits per heavy atom. The zero-order valence-electron chi connectivity index (χ0n) is 19.6. The maximum Gasteiger partial charge on any atom is 0.271 e. The van der Waals surface area contributed by atoms with Gasteiger partial charge in [0.1, 0.15) is 29.8 Å². The summed E-state index contributed by atoms with van der Waals surface area (Å²) in [5.74, 6) is 0.197. The van der Waals surface area contributed by atoms with E-state index in [2.05, 4.69) is 5.32 Å². The minimum absolute atomic E-state index is 0.0850. The molecule has 0 radical (unpaired) electrons. The molecule has 0 aromatic heterocycles. The Kier molecular flexibility index (Phi) is 8.13. The molecule has 0 saturated heterocycles. The molecule has 0 spiro atoms. The van der Waals surface area contributed by atoms with Crippen molar-refractivity contribution in [3.8, 4) is 11.5 Å². The van der Waals surface area contributed by atoms with Crippen molar-refractivity contribution in [2.75, 3.05) is 30.8 Å². The van der Waals surface area contributed by atoms with E-state index in [0.29, 0.717) is 5.75 Å². The Labute approximate surface area is 203 Å². The van der Waals surface area contributed by atoms with Crippen LogP contribution in [-0.2, 0) is 14.8 Å². The topological polar surface area (TPSA) is 128 Å². The van der Waals surface area contributed by atoms with Crippen molar-refractivity contribution in [1.29, 1.82) is 0 Å². The van der Waals surface area contributed by atoms with E-state index in [1.54, 1.807) is 6.92 Å². The number of methoxy groups -OCH3 is 1. The first-order valence-electron chi connectivity index (χ1n) is 10.9. The lowest BCUT2D eigenvalue weighted by Gasteiger charge is -2.30. The highest BCUT2D eigenvalue weighted by molar-refractivity contribution is 7.92. The summed E-state index contributed by atoms with van der Waals surface area (Å²) >= 11 is 0. The Balaban J connectivity index is 1.77. The molecule has 1 amide bonds. The van der Waals surface area contributed by atoms with Crippen LogP contribution in [0.25, 0.3) is 10.8 Å². The highest BCUT2D eigenvalue weighted by Crippen LogP contribution is 2.35. The van der Waals surface area contributed by atoms with E-state index in [0.717, 1.165) is 27.4 Å². The summed E-state index contributed by atoms with van der Waals surface area (Å²) in [4.78, 5) is 23.7. The summed E-state index contributed by atoms with van der Waals surface area (Å²) in [5, 5.41) is 15.9. The number of amides is 1. The molecule has 10 nitrogen and oxygen atoms in total. The van der Waals surface area contributed by atoms with Crippen LogP contribution in [-0.4, -0.2) is 51.8 Å². The number of hydrogen-bond donors (Lipinski definition) is 1. The number of hydrogen-bond acceptors (Lipinski definition) is 7. The number of non-ortho nitro benzene ring substituents is 1. The van der Waals surface area contributed by atoms with Crippen molar-refractivity contribution in [2.24, 2.45) is 0 Å². The van der Waals surface area contributed by atoms with Gasteiger partial charge in [-0.3, -0.25) is 19.2 Å². The molecule has 1 atom stereocenters. The predicted octanol–water partition coefficient (Wildman–Crippen LogP) is 3.50. The first-order chi connectivity index (χ1) is 16.7. The van der Waals surface area contributed by atoms with Crippen LogP contribution in [0.4, 0.5) is 11.4 Å². The molecule has 1 N–H and O–H groups in total. The molecule has 0 aliphatic heterocycles. The Bertz CT molecular complexity index is 1320. The van der Waals surface area contributed by atoms with Crippen LogP contribution in [0.15, 0.2) is 60.7 Å². The van der Waals surface area contributed by atoms with Crippen molar-refractivity contribution >= 4 is 38.1 Å². The fourth-order valence-corrected chi connectivity index (χ4v) is 4.98. The molecule has 0 aliphatic carbocycles. The second kappa shape index (κ2) is 11.0. The number of nitrogens with zero attached hydrogens (tertiary/aromatic N) is 2. The highest BCUT2D eigenvalue weighted by Gasteiger charge is 2.34.